The summed E-state index contributed by atoms with van der Waals surface area (Å²) in [6.07, 6.45) is 2.81. The van der Waals surface area contributed by atoms with Gasteiger partial charge in [0.05, 0.1) is 5.69 Å². The predicted octanol–water partition coefficient (Wildman–Crippen LogP) is 3.32. The van der Waals surface area contributed by atoms with Crippen LogP contribution in [-0.4, -0.2) is 19.9 Å². The fourth-order valence-corrected chi connectivity index (χ4v) is 3.72. The molecule has 6 nitrogen and oxygen atoms in total. The zero-order valence-corrected chi connectivity index (χ0v) is 15.5. The van der Waals surface area contributed by atoms with Crippen molar-refractivity contribution in [3.8, 4) is 0 Å². The number of carbonyl (C=O) groups excluding carboxylic acids is 1. The third-order valence-corrected chi connectivity index (χ3v) is 4.85. The van der Waals surface area contributed by atoms with Crippen LogP contribution in [0, 0.1) is 6.92 Å². The standard InChI is InChI=1S/C18H22N2O4S/c1-13-9-10-14(24-13)11-12-17(21)19-15-7-5-6-8-16(15)25(22,23)20-18(2,3)4/h5-12,20H,1-4H3,(H,19,21)/b12-11+. The second kappa shape index (κ2) is 7.25. The van der Waals surface area contributed by atoms with Gasteiger partial charge in [-0.15, -0.1) is 0 Å². The fourth-order valence-electron chi connectivity index (χ4n) is 2.14. The number of amides is 1. The number of aryl methyl sites for hydroxylation is 1. The van der Waals surface area contributed by atoms with E-state index in [0.717, 1.165) is 5.76 Å². The lowest BCUT2D eigenvalue weighted by Gasteiger charge is -2.21. The highest BCUT2D eigenvalue weighted by Gasteiger charge is 2.24. The Bertz CT molecular complexity index is 890. The number of carbonyl (C=O) groups is 1. The Morgan fingerprint density at radius 1 is 1.12 bits per heavy atom. The molecule has 0 saturated heterocycles. The van der Waals surface area contributed by atoms with Crippen molar-refractivity contribution in [3.05, 3.63) is 54.0 Å². The van der Waals surface area contributed by atoms with Gasteiger partial charge >= 0.3 is 0 Å². The maximum atomic E-state index is 12.5. The highest BCUT2D eigenvalue weighted by Crippen LogP contribution is 2.22. The van der Waals surface area contributed by atoms with Gasteiger partial charge in [0.2, 0.25) is 15.9 Å². The monoisotopic (exact) mass is 362 g/mol. The van der Waals surface area contributed by atoms with E-state index in [-0.39, 0.29) is 10.6 Å². The lowest BCUT2D eigenvalue weighted by Crippen LogP contribution is -2.40. The largest absolute Gasteiger partial charge is 0.462 e. The van der Waals surface area contributed by atoms with Gasteiger partial charge in [0.25, 0.3) is 0 Å². The van der Waals surface area contributed by atoms with Crippen LogP contribution in [0.5, 0.6) is 0 Å². The molecule has 1 aromatic heterocycles. The van der Waals surface area contributed by atoms with Crippen LogP contribution in [0.25, 0.3) is 6.08 Å². The maximum Gasteiger partial charge on any atom is 0.248 e. The van der Waals surface area contributed by atoms with E-state index in [4.69, 9.17) is 4.42 Å². The molecule has 25 heavy (non-hydrogen) atoms. The molecule has 0 spiro atoms. The lowest BCUT2D eigenvalue weighted by atomic mass is 10.1. The number of benzene rings is 1. The van der Waals surface area contributed by atoms with Gasteiger partial charge in [0, 0.05) is 11.6 Å². The van der Waals surface area contributed by atoms with Gasteiger partial charge in [0.1, 0.15) is 16.4 Å². The quantitative estimate of drug-likeness (QED) is 0.799. The topological polar surface area (TPSA) is 88.4 Å². The van der Waals surface area contributed by atoms with Crippen molar-refractivity contribution in [1.29, 1.82) is 0 Å². The Hall–Kier alpha value is -2.38. The molecule has 0 aliphatic carbocycles. The molecule has 0 atom stereocenters. The van der Waals surface area contributed by atoms with Crippen LogP contribution in [0.2, 0.25) is 0 Å². The highest BCUT2D eigenvalue weighted by atomic mass is 32.2. The van der Waals surface area contributed by atoms with Crippen LogP contribution in [-0.2, 0) is 14.8 Å². The van der Waals surface area contributed by atoms with Gasteiger partial charge < -0.3 is 9.73 Å². The van der Waals surface area contributed by atoms with E-state index in [0.29, 0.717) is 5.76 Å². The number of nitrogens with one attached hydrogen (secondary N) is 2. The molecule has 0 bridgehead atoms. The van der Waals surface area contributed by atoms with E-state index in [1.807, 2.05) is 0 Å². The van der Waals surface area contributed by atoms with Crippen LogP contribution in [0.1, 0.15) is 32.3 Å². The first kappa shape index (κ1) is 19.0. The van der Waals surface area contributed by atoms with Crippen molar-refractivity contribution < 1.29 is 17.6 Å². The highest BCUT2D eigenvalue weighted by molar-refractivity contribution is 7.89. The van der Waals surface area contributed by atoms with Crippen molar-refractivity contribution in [1.82, 2.24) is 4.72 Å². The Morgan fingerprint density at radius 3 is 2.40 bits per heavy atom. The maximum absolute atomic E-state index is 12.5. The average molecular weight is 362 g/mol. The summed E-state index contributed by atoms with van der Waals surface area (Å²) in [5.41, 5.74) is -0.419. The minimum atomic E-state index is -3.77. The zero-order chi connectivity index (χ0) is 18.7. The molecule has 0 aliphatic rings. The van der Waals surface area contributed by atoms with Crippen molar-refractivity contribution in [2.24, 2.45) is 0 Å². The Labute approximate surface area is 148 Å². The molecule has 1 amide bonds. The number of para-hydroxylation sites is 1. The Kier molecular flexibility index (Phi) is 5.49. The number of furan rings is 1. The molecule has 2 N–H and O–H groups in total. The van der Waals surface area contributed by atoms with Crippen LogP contribution in [0.4, 0.5) is 5.69 Å². The molecule has 0 aliphatic heterocycles. The van der Waals surface area contributed by atoms with E-state index in [1.54, 1.807) is 58.0 Å². The second-order valence-electron chi connectivity index (χ2n) is 6.62. The number of sulfonamides is 1. The van der Waals surface area contributed by atoms with Crippen molar-refractivity contribution in [3.63, 3.8) is 0 Å². The summed E-state index contributed by atoms with van der Waals surface area (Å²) < 4.78 is 33.0. The van der Waals surface area contributed by atoms with Crippen LogP contribution in [0.3, 0.4) is 0 Å². The molecule has 7 heteroatoms. The van der Waals surface area contributed by atoms with Gasteiger partial charge in [-0.3, -0.25) is 4.79 Å². The molecule has 0 fully saturated rings. The van der Waals surface area contributed by atoms with Gasteiger partial charge in [-0.05, 0) is 58.0 Å². The fraction of sp³-hybridized carbons (Fsp3) is 0.278. The third-order valence-electron chi connectivity index (χ3n) is 3.04. The molecule has 2 aromatic rings. The van der Waals surface area contributed by atoms with Gasteiger partial charge in [-0.1, -0.05) is 12.1 Å². The molecule has 1 aromatic carbocycles. The normalized spacial score (nSPS) is 12.5. The van der Waals surface area contributed by atoms with Crippen molar-refractivity contribution in [2.75, 3.05) is 5.32 Å². The molecule has 1 heterocycles. The first-order valence-electron chi connectivity index (χ1n) is 7.75. The van der Waals surface area contributed by atoms with E-state index in [1.165, 1.54) is 18.2 Å². The van der Waals surface area contributed by atoms with Crippen LogP contribution >= 0.6 is 0 Å². The molecular formula is C18H22N2O4S. The van der Waals surface area contributed by atoms with E-state index >= 15 is 0 Å². The van der Waals surface area contributed by atoms with Crippen molar-refractivity contribution >= 4 is 27.7 Å². The predicted molar refractivity (Wildman–Crippen MR) is 97.6 cm³/mol. The third kappa shape index (κ3) is 5.58. The summed E-state index contributed by atoms with van der Waals surface area (Å²) in [6, 6.07) is 9.78. The van der Waals surface area contributed by atoms with Crippen LogP contribution < -0.4 is 10.0 Å². The summed E-state index contributed by atoms with van der Waals surface area (Å²) in [6.45, 7) is 7.06. The lowest BCUT2D eigenvalue weighted by molar-refractivity contribution is -0.111. The second-order valence-corrected chi connectivity index (χ2v) is 8.27. The number of hydrogen-bond donors (Lipinski definition) is 2. The Balaban J connectivity index is 2.20. The SMILES string of the molecule is Cc1ccc(/C=C/C(=O)Nc2ccccc2S(=O)(=O)NC(C)(C)C)o1. The molecule has 0 unspecified atom stereocenters. The zero-order valence-electron chi connectivity index (χ0n) is 14.7. The molecule has 2 rings (SSSR count). The summed E-state index contributed by atoms with van der Waals surface area (Å²) >= 11 is 0. The Morgan fingerprint density at radius 2 is 1.80 bits per heavy atom. The summed E-state index contributed by atoms with van der Waals surface area (Å²) in [5, 5.41) is 2.59. The average Bonchev–Trinajstić information content (AvgIpc) is 2.89. The summed E-state index contributed by atoms with van der Waals surface area (Å²) in [5.74, 6) is 0.833. The van der Waals surface area contributed by atoms with Gasteiger partial charge in [-0.25, -0.2) is 13.1 Å². The van der Waals surface area contributed by atoms with Crippen molar-refractivity contribution in [2.45, 2.75) is 38.1 Å². The van der Waals surface area contributed by atoms with Gasteiger partial charge in [0.15, 0.2) is 0 Å². The van der Waals surface area contributed by atoms with E-state index < -0.39 is 21.5 Å². The van der Waals surface area contributed by atoms with E-state index in [2.05, 4.69) is 10.0 Å². The first-order chi connectivity index (χ1) is 11.6. The molecule has 134 valence electrons. The molecular weight excluding hydrogens is 340 g/mol. The van der Waals surface area contributed by atoms with Crippen LogP contribution in [0.15, 0.2) is 51.8 Å². The minimum Gasteiger partial charge on any atom is -0.462 e. The van der Waals surface area contributed by atoms with Gasteiger partial charge in [-0.2, -0.15) is 0 Å². The number of anilines is 1. The summed E-state index contributed by atoms with van der Waals surface area (Å²) in [4.78, 5) is 12.1. The number of hydrogen-bond acceptors (Lipinski definition) is 4. The summed E-state index contributed by atoms with van der Waals surface area (Å²) in [7, 11) is -3.77. The number of rotatable bonds is 5. The first-order valence-corrected chi connectivity index (χ1v) is 9.24. The molecule has 0 radical (unpaired) electrons. The smallest absolute Gasteiger partial charge is 0.248 e. The molecule has 0 saturated carbocycles. The van der Waals surface area contributed by atoms with E-state index in [9.17, 15) is 13.2 Å². The minimum absolute atomic E-state index is 0.0144.